The van der Waals surface area contributed by atoms with Crippen molar-refractivity contribution in [3.8, 4) is 5.75 Å². The molecule has 0 saturated carbocycles. The van der Waals surface area contributed by atoms with E-state index in [1.165, 1.54) is 10.5 Å². The molecule has 0 fully saturated rings. The molecule has 142 valence electrons. The Morgan fingerprint density at radius 2 is 1.57 bits per heavy atom. The first kappa shape index (κ1) is 19.7. The number of nitrogens with one attached hydrogen (secondary N) is 1. The van der Waals surface area contributed by atoms with E-state index in [1.807, 2.05) is 48.5 Å². The van der Waals surface area contributed by atoms with Crippen LogP contribution >= 0.6 is 11.8 Å². The third-order valence-electron chi connectivity index (χ3n) is 4.06. The Balaban J connectivity index is 1.49. The quantitative estimate of drug-likeness (QED) is 0.464. The number of methoxy groups -OCH3 is 1. The molecule has 3 aromatic rings. The van der Waals surface area contributed by atoms with Crippen LogP contribution in [0.15, 0.2) is 87.7 Å². The Morgan fingerprint density at radius 1 is 0.964 bits per heavy atom. The first-order valence-electron chi connectivity index (χ1n) is 8.92. The lowest BCUT2D eigenvalue weighted by atomic mass is 10.1. The van der Waals surface area contributed by atoms with Gasteiger partial charge in [0.2, 0.25) is 5.91 Å². The number of aryl methyl sites for hydroxylation is 1. The van der Waals surface area contributed by atoms with E-state index in [-0.39, 0.29) is 12.3 Å². The number of carbonyl (C=O) groups excluding carboxylic acids is 1. The highest BCUT2D eigenvalue weighted by molar-refractivity contribution is 7.99. The van der Waals surface area contributed by atoms with Crippen LogP contribution in [0.3, 0.4) is 0 Å². The van der Waals surface area contributed by atoms with E-state index in [4.69, 9.17) is 4.74 Å². The predicted octanol–water partition coefficient (Wildman–Crippen LogP) is 4.85. The van der Waals surface area contributed by atoms with Crippen LogP contribution in [0.25, 0.3) is 0 Å². The first-order chi connectivity index (χ1) is 13.6. The molecule has 0 unspecified atom stereocenters. The maximum Gasteiger partial charge on any atom is 0.244 e. The van der Waals surface area contributed by atoms with Gasteiger partial charge in [-0.15, -0.1) is 0 Å². The number of carbonyl (C=O) groups is 1. The van der Waals surface area contributed by atoms with Crippen molar-refractivity contribution in [1.82, 2.24) is 5.43 Å². The van der Waals surface area contributed by atoms with Crippen LogP contribution in [0.2, 0.25) is 0 Å². The summed E-state index contributed by atoms with van der Waals surface area (Å²) in [7, 11) is 1.62. The molecule has 0 saturated heterocycles. The van der Waals surface area contributed by atoms with Gasteiger partial charge >= 0.3 is 0 Å². The molecule has 1 N–H and O–H groups in total. The van der Waals surface area contributed by atoms with Crippen molar-refractivity contribution < 1.29 is 9.53 Å². The van der Waals surface area contributed by atoms with Gasteiger partial charge in [0, 0.05) is 9.79 Å². The summed E-state index contributed by atoms with van der Waals surface area (Å²) in [6, 6.07) is 23.9. The number of nitrogens with zero attached hydrogens (tertiary/aromatic N) is 1. The second-order valence-corrected chi connectivity index (χ2v) is 7.45. The van der Waals surface area contributed by atoms with E-state index >= 15 is 0 Å². The molecule has 3 aromatic carbocycles. The van der Waals surface area contributed by atoms with Crippen molar-refractivity contribution >= 4 is 23.9 Å². The average molecular weight is 391 g/mol. The molecule has 0 heterocycles. The lowest BCUT2D eigenvalue weighted by Crippen LogP contribution is -2.19. The summed E-state index contributed by atoms with van der Waals surface area (Å²) in [5, 5.41) is 4.04. The standard InChI is InChI=1S/C23H22N2O2S/c1-17-3-11-21(12-4-17)28-22-13-7-19(8-14-22)16-24-25-23(26)15-18-5-9-20(27-2)10-6-18/h3-14,16H,15H2,1-2H3,(H,25,26)/b24-16+. The van der Waals surface area contributed by atoms with Gasteiger partial charge in [-0.05, 0) is 54.4 Å². The molecule has 0 aromatic heterocycles. The van der Waals surface area contributed by atoms with Gasteiger partial charge in [-0.3, -0.25) is 4.79 Å². The summed E-state index contributed by atoms with van der Waals surface area (Å²) in [5.41, 5.74) is 5.65. The molecule has 0 aliphatic rings. The minimum Gasteiger partial charge on any atom is -0.497 e. The average Bonchev–Trinajstić information content (AvgIpc) is 2.71. The Bertz CT molecular complexity index is 934. The Labute approximate surface area is 169 Å². The van der Waals surface area contributed by atoms with E-state index in [2.05, 4.69) is 41.7 Å². The predicted molar refractivity (Wildman–Crippen MR) is 114 cm³/mol. The maximum absolute atomic E-state index is 12.0. The molecule has 0 aliphatic carbocycles. The molecule has 28 heavy (non-hydrogen) atoms. The Kier molecular flexibility index (Phi) is 6.87. The molecule has 4 nitrogen and oxygen atoms in total. The Hall–Kier alpha value is -3.05. The number of hydrogen-bond acceptors (Lipinski definition) is 4. The molecular formula is C23H22N2O2S. The summed E-state index contributed by atoms with van der Waals surface area (Å²) >= 11 is 1.71. The maximum atomic E-state index is 12.0. The van der Waals surface area contributed by atoms with Crippen molar-refractivity contribution in [2.45, 2.75) is 23.1 Å². The van der Waals surface area contributed by atoms with Gasteiger partial charge in [-0.1, -0.05) is 53.7 Å². The second-order valence-electron chi connectivity index (χ2n) is 6.30. The van der Waals surface area contributed by atoms with Gasteiger partial charge in [0.15, 0.2) is 0 Å². The van der Waals surface area contributed by atoms with Gasteiger partial charge in [-0.25, -0.2) is 5.43 Å². The number of benzene rings is 3. The van der Waals surface area contributed by atoms with Crippen LogP contribution in [-0.2, 0) is 11.2 Å². The minimum absolute atomic E-state index is 0.159. The summed E-state index contributed by atoms with van der Waals surface area (Å²) in [4.78, 5) is 14.3. The van der Waals surface area contributed by atoms with Crippen molar-refractivity contribution in [3.63, 3.8) is 0 Å². The smallest absolute Gasteiger partial charge is 0.244 e. The van der Waals surface area contributed by atoms with E-state index in [0.717, 1.165) is 21.8 Å². The zero-order valence-corrected chi connectivity index (χ0v) is 16.7. The molecule has 0 spiro atoms. The molecule has 0 radical (unpaired) electrons. The molecule has 1 amide bonds. The zero-order chi connectivity index (χ0) is 19.8. The largest absolute Gasteiger partial charge is 0.497 e. The Morgan fingerprint density at radius 3 is 2.18 bits per heavy atom. The fourth-order valence-electron chi connectivity index (χ4n) is 2.51. The van der Waals surface area contributed by atoms with Gasteiger partial charge in [0.25, 0.3) is 0 Å². The highest BCUT2D eigenvalue weighted by Crippen LogP contribution is 2.27. The van der Waals surface area contributed by atoms with E-state index < -0.39 is 0 Å². The summed E-state index contributed by atoms with van der Waals surface area (Å²) in [5.74, 6) is 0.610. The third-order valence-corrected chi connectivity index (χ3v) is 5.08. The summed E-state index contributed by atoms with van der Waals surface area (Å²) in [6.45, 7) is 2.08. The third kappa shape index (κ3) is 5.99. The fraction of sp³-hybridized carbons (Fsp3) is 0.130. The minimum atomic E-state index is -0.159. The zero-order valence-electron chi connectivity index (χ0n) is 15.9. The molecule has 0 aliphatic heterocycles. The first-order valence-corrected chi connectivity index (χ1v) is 9.73. The van der Waals surface area contributed by atoms with Crippen molar-refractivity contribution in [2.24, 2.45) is 5.10 Å². The topological polar surface area (TPSA) is 50.7 Å². The van der Waals surface area contributed by atoms with Crippen molar-refractivity contribution in [3.05, 3.63) is 89.5 Å². The molecule has 3 rings (SSSR count). The van der Waals surface area contributed by atoms with E-state index in [9.17, 15) is 4.79 Å². The van der Waals surface area contributed by atoms with Crippen LogP contribution in [0.5, 0.6) is 5.75 Å². The number of amides is 1. The number of rotatable bonds is 7. The number of ether oxygens (including phenoxy) is 1. The van der Waals surface area contributed by atoms with E-state index in [0.29, 0.717) is 0 Å². The summed E-state index contributed by atoms with van der Waals surface area (Å²) in [6.07, 6.45) is 1.92. The SMILES string of the molecule is COc1ccc(CC(=O)N/N=C/c2ccc(Sc3ccc(C)cc3)cc2)cc1. The second kappa shape index (κ2) is 9.76. The molecule has 0 atom stereocenters. The molecule has 5 heteroatoms. The van der Waals surface area contributed by atoms with Crippen molar-refractivity contribution in [2.75, 3.05) is 7.11 Å². The van der Waals surface area contributed by atoms with Crippen LogP contribution < -0.4 is 10.2 Å². The van der Waals surface area contributed by atoms with Gasteiger partial charge in [-0.2, -0.15) is 5.10 Å². The lowest BCUT2D eigenvalue weighted by molar-refractivity contribution is -0.120. The molecule has 0 bridgehead atoms. The van der Waals surface area contributed by atoms with Crippen molar-refractivity contribution in [1.29, 1.82) is 0 Å². The van der Waals surface area contributed by atoms with E-state index in [1.54, 1.807) is 25.1 Å². The van der Waals surface area contributed by atoms with Gasteiger partial charge in [0.05, 0.1) is 19.7 Å². The highest BCUT2D eigenvalue weighted by atomic mass is 32.2. The van der Waals surface area contributed by atoms with Crippen LogP contribution in [0.4, 0.5) is 0 Å². The molecular weight excluding hydrogens is 368 g/mol. The van der Waals surface area contributed by atoms with Crippen LogP contribution in [-0.4, -0.2) is 19.2 Å². The fourth-order valence-corrected chi connectivity index (χ4v) is 3.33. The highest BCUT2D eigenvalue weighted by Gasteiger charge is 2.02. The van der Waals surface area contributed by atoms with Gasteiger partial charge < -0.3 is 4.74 Å². The number of hydrazone groups is 1. The monoisotopic (exact) mass is 390 g/mol. The van der Waals surface area contributed by atoms with Crippen LogP contribution in [0, 0.1) is 6.92 Å². The normalized spacial score (nSPS) is 10.8. The van der Waals surface area contributed by atoms with Crippen LogP contribution in [0.1, 0.15) is 16.7 Å². The van der Waals surface area contributed by atoms with Gasteiger partial charge in [0.1, 0.15) is 5.75 Å². The number of hydrogen-bond donors (Lipinski definition) is 1. The summed E-state index contributed by atoms with van der Waals surface area (Å²) < 4.78 is 5.11. The lowest BCUT2D eigenvalue weighted by Gasteiger charge is -2.03.